The molecule has 0 aromatic heterocycles. The molecule has 0 aromatic carbocycles. The van der Waals surface area contributed by atoms with Crippen molar-refractivity contribution in [2.45, 2.75) is 66.0 Å². The first kappa shape index (κ1) is 20.2. The van der Waals surface area contributed by atoms with Crippen molar-refractivity contribution in [3.63, 3.8) is 0 Å². The minimum atomic E-state index is -0.457. The van der Waals surface area contributed by atoms with E-state index in [1.165, 1.54) is 19.5 Å². The Hall–Kier alpha value is -0.810. The first-order valence-electron chi connectivity index (χ1n) is 8.96. The average molecular weight is 328 g/mol. The van der Waals surface area contributed by atoms with Crippen molar-refractivity contribution < 1.29 is 9.53 Å². The van der Waals surface area contributed by atoms with Gasteiger partial charge in [0, 0.05) is 25.2 Å². The molecule has 0 bridgehead atoms. The molecule has 1 atom stereocenters. The van der Waals surface area contributed by atoms with Crippen molar-refractivity contribution >= 4 is 6.09 Å². The minimum absolute atomic E-state index is 0.232. The Morgan fingerprint density at radius 1 is 1.26 bits per heavy atom. The molecule has 0 aromatic rings. The smallest absolute Gasteiger partial charge is 0.410 e. The van der Waals surface area contributed by atoms with Gasteiger partial charge in [-0.1, -0.05) is 6.92 Å². The van der Waals surface area contributed by atoms with E-state index in [1.807, 2.05) is 46.4 Å². The van der Waals surface area contributed by atoms with Crippen LogP contribution in [0.15, 0.2) is 0 Å². The Kier molecular flexibility index (Phi) is 7.33. The van der Waals surface area contributed by atoms with Crippen LogP contribution in [0.3, 0.4) is 0 Å². The van der Waals surface area contributed by atoms with E-state index in [1.54, 1.807) is 0 Å². The molecular weight excluding hydrogens is 290 g/mol. The number of carbonyl (C=O) groups excluding carboxylic acids is 1. The van der Waals surface area contributed by atoms with Crippen molar-refractivity contribution in [1.82, 2.24) is 15.1 Å². The molecular formula is C18H37N3O2. The quantitative estimate of drug-likeness (QED) is 0.762. The highest BCUT2D eigenvalue weighted by Gasteiger charge is 2.30. The zero-order valence-corrected chi connectivity index (χ0v) is 16.2. The number of ether oxygens (including phenoxy) is 1. The van der Waals surface area contributed by atoms with Crippen LogP contribution >= 0.6 is 0 Å². The van der Waals surface area contributed by atoms with E-state index in [4.69, 9.17) is 4.74 Å². The highest BCUT2D eigenvalue weighted by molar-refractivity contribution is 5.69. The van der Waals surface area contributed by atoms with Crippen molar-refractivity contribution in [1.29, 1.82) is 0 Å². The first-order valence-corrected chi connectivity index (χ1v) is 8.96. The van der Waals surface area contributed by atoms with E-state index in [2.05, 4.69) is 17.1 Å². The van der Waals surface area contributed by atoms with Gasteiger partial charge in [-0.05, 0) is 73.5 Å². The summed E-state index contributed by atoms with van der Waals surface area (Å²) in [5.41, 5.74) is -0.697. The SMILES string of the molecule is CCN1CCC(CNCCN(C(=O)OC(C)(C)C)C(C)(C)C)C1. The van der Waals surface area contributed by atoms with E-state index >= 15 is 0 Å². The highest BCUT2D eigenvalue weighted by atomic mass is 16.6. The van der Waals surface area contributed by atoms with E-state index in [0.29, 0.717) is 6.54 Å². The van der Waals surface area contributed by atoms with Crippen molar-refractivity contribution in [2.24, 2.45) is 5.92 Å². The van der Waals surface area contributed by atoms with Crippen LogP contribution in [-0.4, -0.2) is 66.3 Å². The minimum Gasteiger partial charge on any atom is -0.444 e. The van der Waals surface area contributed by atoms with Crippen molar-refractivity contribution in [3.05, 3.63) is 0 Å². The van der Waals surface area contributed by atoms with Crippen LogP contribution in [0, 0.1) is 5.92 Å². The monoisotopic (exact) mass is 327 g/mol. The summed E-state index contributed by atoms with van der Waals surface area (Å²) in [5, 5.41) is 3.52. The fourth-order valence-electron chi connectivity index (χ4n) is 2.88. The summed E-state index contributed by atoms with van der Waals surface area (Å²) in [4.78, 5) is 16.7. The molecule has 5 nitrogen and oxygen atoms in total. The van der Waals surface area contributed by atoms with Gasteiger partial charge in [0.1, 0.15) is 5.60 Å². The predicted octanol–water partition coefficient (Wildman–Crippen LogP) is 2.95. The third-order valence-corrected chi connectivity index (χ3v) is 4.19. The number of likely N-dealkylation sites (tertiary alicyclic amines) is 1. The number of nitrogens with zero attached hydrogens (tertiary/aromatic N) is 2. The Bertz CT molecular complexity index is 371. The lowest BCUT2D eigenvalue weighted by molar-refractivity contribution is 0.00661. The number of amides is 1. The van der Waals surface area contributed by atoms with Crippen LogP contribution in [0.25, 0.3) is 0 Å². The van der Waals surface area contributed by atoms with Crippen LogP contribution in [0.1, 0.15) is 54.9 Å². The normalized spacial score (nSPS) is 19.9. The van der Waals surface area contributed by atoms with Crippen LogP contribution in [0.4, 0.5) is 4.79 Å². The van der Waals surface area contributed by atoms with Crippen LogP contribution in [-0.2, 0) is 4.74 Å². The molecule has 5 heteroatoms. The average Bonchev–Trinajstić information content (AvgIpc) is 2.82. The van der Waals surface area contributed by atoms with Crippen molar-refractivity contribution in [2.75, 3.05) is 39.3 Å². The maximum Gasteiger partial charge on any atom is 0.410 e. The number of hydrogen-bond acceptors (Lipinski definition) is 4. The lowest BCUT2D eigenvalue weighted by Crippen LogP contribution is -2.50. The lowest BCUT2D eigenvalue weighted by Gasteiger charge is -2.37. The molecule has 1 N–H and O–H groups in total. The Morgan fingerprint density at radius 3 is 2.39 bits per heavy atom. The van der Waals surface area contributed by atoms with Gasteiger partial charge < -0.3 is 19.9 Å². The van der Waals surface area contributed by atoms with E-state index in [0.717, 1.165) is 25.6 Å². The number of nitrogens with one attached hydrogen (secondary N) is 1. The Balaban J connectivity index is 2.39. The zero-order valence-electron chi connectivity index (χ0n) is 16.2. The maximum absolute atomic E-state index is 12.4. The second-order valence-electron chi connectivity index (χ2n) is 8.55. The van der Waals surface area contributed by atoms with Gasteiger partial charge in [-0.3, -0.25) is 0 Å². The first-order chi connectivity index (χ1) is 10.5. The molecule has 1 aliphatic heterocycles. The molecule has 1 unspecified atom stereocenters. The summed E-state index contributed by atoms with van der Waals surface area (Å²) in [7, 11) is 0. The molecule has 1 heterocycles. The zero-order chi connectivity index (χ0) is 17.7. The lowest BCUT2D eigenvalue weighted by atomic mass is 10.1. The molecule has 0 aliphatic carbocycles. The molecule has 23 heavy (non-hydrogen) atoms. The number of carbonyl (C=O) groups is 1. The molecule has 1 aliphatic rings. The summed E-state index contributed by atoms with van der Waals surface area (Å²) in [6.45, 7) is 20.1. The summed E-state index contributed by atoms with van der Waals surface area (Å²) >= 11 is 0. The maximum atomic E-state index is 12.4. The van der Waals surface area contributed by atoms with Crippen LogP contribution in [0.2, 0.25) is 0 Å². The Morgan fingerprint density at radius 2 is 1.91 bits per heavy atom. The van der Waals surface area contributed by atoms with E-state index < -0.39 is 5.60 Å². The third-order valence-electron chi connectivity index (χ3n) is 4.19. The van der Waals surface area contributed by atoms with Crippen LogP contribution < -0.4 is 5.32 Å². The molecule has 0 radical (unpaired) electrons. The highest BCUT2D eigenvalue weighted by Crippen LogP contribution is 2.18. The van der Waals surface area contributed by atoms with Gasteiger partial charge in [0.2, 0.25) is 0 Å². The van der Waals surface area contributed by atoms with Gasteiger partial charge in [0.25, 0.3) is 0 Å². The fourth-order valence-corrected chi connectivity index (χ4v) is 2.88. The summed E-state index contributed by atoms with van der Waals surface area (Å²) in [6.07, 6.45) is 1.04. The van der Waals surface area contributed by atoms with Gasteiger partial charge in [0.15, 0.2) is 0 Å². The third kappa shape index (κ3) is 7.53. The fraction of sp³-hybridized carbons (Fsp3) is 0.944. The molecule has 1 amide bonds. The van der Waals surface area contributed by atoms with Gasteiger partial charge >= 0.3 is 6.09 Å². The molecule has 136 valence electrons. The molecule has 0 saturated carbocycles. The van der Waals surface area contributed by atoms with Crippen LogP contribution in [0.5, 0.6) is 0 Å². The topological polar surface area (TPSA) is 44.8 Å². The molecule has 1 fully saturated rings. The van der Waals surface area contributed by atoms with Gasteiger partial charge in [0.05, 0.1) is 0 Å². The summed E-state index contributed by atoms with van der Waals surface area (Å²) in [5.74, 6) is 0.736. The van der Waals surface area contributed by atoms with Crippen molar-refractivity contribution in [3.8, 4) is 0 Å². The van der Waals surface area contributed by atoms with Gasteiger partial charge in [-0.15, -0.1) is 0 Å². The number of hydrogen-bond donors (Lipinski definition) is 1. The second kappa shape index (κ2) is 8.34. The predicted molar refractivity (Wildman–Crippen MR) is 95.8 cm³/mol. The standard InChI is InChI=1S/C18H37N3O2/c1-8-20-11-9-15(14-20)13-19-10-12-21(17(2,3)4)16(22)23-18(5,6)7/h15,19H,8-14H2,1-7H3. The summed E-state index contributed by atoms with van der Waals surface area (Å²) in [6, 6.07) is 0. The van der Waals surface area contributed by atoms with E-state index in [9.17, 15) is 4.79 Å². The summed E-state index contributed by atoms with van der Waals surface area (Å²) < 4.78 is 5.54. The largest absolute Gasteiger partial charge is 0.444 e. The number of rotatable bonds is 6. The van der Waals surface area contributed by atoms with Gasteiger partial charge in [-0.25, -0.2) is 4.79 Å². The molecule has 1 rings (SSSR count). The molecule has 0 spiro atoms. The van der Waals surface area contributed by atoms with E-state index in [-0.39, 0.29) is 11.6 Å². The second-order valence-corrected chi connectivity index (χ2v) is 8.55. The van der Waals surface area contributed by atoms with Gasteiger partial charge in [-0.2, -0.15) is 0 Å². The Labute approximate surface area is 142 Å². The molecule has 1 saturated heterocycles.